The summed E-state index contributed by atoms with van der Waals surface area (Å²) in [7, 11) is -3.62. The van der Waals surface area contributed by atoms with Gasteiger partial charge in [0.25, 0.3) is 5.91 Å². The van der Waals surface area contributed by atoms with Gasteiger partial charge in [-0.2, -0.15) is 4.68 Å². The predicted molar refractivity (Wildman–Crippen MR) is 115 cm³/mol. The van der Waals surface area contributed by atoms with E-state index in [0.29, 0.717) is 28.5 Å². The van der Waals surface area contributed by atoms with Crippen LogP contribution in [0.3, 0.4) is 0 Å². The largest absolute Gasteiger partial charge is 0.322 e. The molecule has 1 heterocycles. The number of hydrogen-bond donors (Lipinski definition) is 2. The first-order valence-electron chi connectivity index (χ1n) is 9.20. The smallest absolute Gasteiger partial charge is 0.255 e. The monoisotopic (exact) mass is 446 g/mol. The first-order chi connectivity index (χ1) is 14.3. The number of benzene rings is 2. The van der Waals surface area contributed by atoms with Gasteiger partial charge in [0.1, 0.15) is 0 Å². The summed E-state index contributed by atoms with van der Waals surface area (Å²) >= 11 is 1.41. The van der Waals surface area contributed by atoms with Gasteiger partial charge in [0.2, 0.25) is 15.2 Å². The van der Waals surface area contributed by atoms with Gasteiger partial charge >= 0.3 is 0 Å². The summed E-state index contributed by atoms with van der Waals surface area (Å²) in [6, 6.07) is 12.8. The molecule has 0 saturated carbocycles. The van der Waals surface area contributed by atoms with Crippen LogP contribution in [0.25, 0.3) is 5.69 Å². The Morgan fingerprint density at radius 2 is 1.93 bits per heavy atom. The van der Waals surface area contributed by atoms with Crippen LogP contribution in [0.5, 0.6) is 0 Å². The average Bonchev–Trinajstić information content (AvgIpc) is 3.22. The van der Waals surface area contributed by atoms with Gasteiger partial charge in [-0.1, -0.05) is 24.8 Å². The van der Waals surface area contributed by atoms with E-state index in [1.54, 1.807) is 29.8 Å². The molecule has 30 heavy (non-hydrogen) atoms. The first kappa shape index (κ1) is 21.9. The lowest BCUT2D eigenvalue weighted by molar-refractivity contribution is 0.102. The van der Waals surface area contributed by atoms with Gasteiger partial charge in [-0.3, -0.25) is 4.79 Å². The zero-order valence-corrected chi connectivity index (χ0v) is 18.4. The molecule has 3 rings (SSSR count). The lowest BCUT2D eigenvalue weighted by Crippen LogP contribution is -2.32. The van der Waals surface area contributed by atoms with Crippen LogP contribution in [0.2, 0.25) is 0 Å². The second-order valence-corrected chi connectivity index (χ2v) is 9.02. The van der Waals surface area contributed by atoms with Crippen LogP contribution in [0.15, 0.2) is 58.6 Å². The molecule has 11 heteroatoms. The van der Waals surface area contributed by atoms with Crippen LogP contribution in [-0.2, 0) is 10.0 Å². The van der Waals surface area contributed by atoms with Crippen molar-refractivity contribution in [1.29, 1.82) is 0 Å². The van der Waals surface area contributed by atoms with Crippen molar-refractivity contribution in [1.82, 2.24) is 24.9 Å². The third-order valence-electron chi connectivity index (χ3n) is 4.37. The van der Waals surface area contributed by atoms with Crippen molar-refractivity contribution in [3.8, 4) is 5.69 Å². The molecule has 0 aliphatic carbocycles. The maximum atomic E-state index is 12.6. The zero-order chi connectivity index (χ0) is 21.7. The number of sulfonamides is 1. The highest BCUT2D eigenvalue weighted by Crippen LogP contribution is 2.19. The second-order valence-electron chi connectivity index (χ2n) is 6.54. The number of tetrazole rings is 1. The van der Waals surface area contributed by atoms with Gasteiger partial charge in [0, 0.05) is 17.3 Å². The molecular formula is C19H22N6O3S2. The molecule has 0 radical (unpaired) electrons. The number of amides is 1. The maximum absolute atomic E-state index is 12.6. The Kier molecular flexibility index (Phi) is 6.85. The number of carbonyl (C=O) groups is 1. The highest BCUT2D eigenvalue weighted by Gasteiger charge is 2.17. The van der Waals surface area contributed by atoms with E-state index in [9.17, 15) is 13.2 Å². The van der Waals surface area contributed by atoms with Crippen molar-refractivity contribution in [2.45, 2.75) is 36.4 Å². The Bertz CT molecular complexity index is 1130. The average molecular weight is 447 g/mol. The number of carbonyl (C=O) groups excluding carboxylic acids is 1. The van der Waals surface area contributed by atoms with E-state index in [-0.39, 0.29) is 16.8 Å². The summed E-state index contributed by atoms with van der Waals surface area (Å²) in [4.78, 5) is 12.7. The topological polar surface area (TPSA) is 119 Å². The van der Waals surface area contributed by atoms with Crippen molar-refractivity contribution in [2.75, 3.05) is 11.6 Å². The minimum absolute atomic E-state index is 0.115. The number of thioether (sulfide) groups is 1. The second kappa shape index (κ2) is 9.37. The molecule has 1 aromatic heterocycles. The van der Waals surface area contributed by atoms with Crippen LogP contribution >= 0.6 is 11.8 Å². The molecule has 0 aliphatic heterocycles. The predicted octanol–water partition coefficient (Wildman–Crippen LogP) is 2.71. The Balaban J connectivity index is 1.75. The number of nitrogens with zero attached hydrogens (tertiary/aromatic N) is 4. The van der Waals surface area contributed by atoms with E-state index in [4.69, 9.17) is 0 Å². The molecular weight excluding hydrogens is 424 g/mol. The van der Waals surface area contributed by atoms with E-state index in [1.165, 1.54) is 36.0 Å². The number of hydrogen-bond acceptors (Lipinski definition) is 7. The molecule has 2 aromatic carbocycles. The number of nitrogens with one attached hydrogen (secondary N) is 2. The Hall–Kier alpha value is -2.76. The Morgan fingerprint density at radius 3 is 2.60 bits per heavy atom. The minimum atomic E-state index is -3.62. The van der Waals surface area contributed by atoms with Crippen LogP contribution in [-0.4, -0.2) is 46.8 Å². The molecule has 0 aliphatic rings. The van der Waals surface area contributed by atoms with Gasteiger partial charge in [-0.25, -0.2) is 13.1 Å². The fourth-order valence-corrected chi connectivity index (χ4v) is 4.35. The zero-order valence-electron chi connectivity index (χ0n) is 16.7. The lowest BCUT2D eigenvalue weighted by Gasteiger charge is -2.12. The molecule has 9 nitrogen and oxygen atoms in total. The molecule has 0 saturated heterocycles. The lowest BCUT2D eigenvalue weighted by atomic mass is 10.2. The van der Waals surface area contributed by atoms with Crippen molar-refractivity contribution < 1.29 is 13.2 Å². The van der Waals surface area contributed by atoms with Gasteiger partial charge in [0.15, 0.2) is 0 Å². The number of anilines is 1. The summed E-state index contributed by atoms with van der Waals surface area (Å²) in [5.41, 5.74) is 1.62. The summed E-state index contributed by atoms with van der Waals surface area (Å²) in [6.07, 6.45) is 2.55. The first-order valence-corrected chi connectivity index (χ1v) is 11.9. The molecule has 0 spiro atoms. The summed E-state index contributed by atoms with van der Waals surface area (Å²) in [5, 5.41) is 15.0. The van der Waals surface area contributed by atoms with Gasteiger partial charge in [0.05, 0.1) is 10.6 Å². The summed E-state index contributed by atoms with van der Waals surface area (Å²) in [5.74, 6) is -0.354. The molecule has 3 aromatic rings. The minimum Gasteiger partial charge on any atom is -0.322 e. The summed E-state index contributed by atoms with van der Waals surface area (Å²) < 4.78 is 28.9. The standard InChI is InChI=1S/C19H22N6O3S2/c1-4-13(2)22-30(27,28)17-10-8-14(9-11-17)18(26)20-15-6-5-7-16(12-15)25-19(29-3)21-23-24-25/h5-13,22H,4H2,1-3H3,(H,20,26). The van der Waals surface area contributed by atoms with Crippen LogP contribution < -0.4 is 10.0 Å². The van der Waals surface area contributed by atoms with E-state index in [1.807, 2.05) is 19.2 Å². The molecule has 1 atom stereocenters. The van der Waals surface area contributed by atoms with E-state index in [2.05, 4.69) is 25.6 Å². The van der Waals surface area contributed by atoms with Gasteiger partial charge in [-0.05, 0) is 72.5 Å². The van der Waals surface area contributed by atoms with E-state index >= 15 is 0 Å². The quantitative estimate of drug-likeness (QED) is 0.511. The van der Waals surface area contributed by atoms with Gasteiger partial charge < -0.3 is 5.32 Å². The third kappa shape index (κ3) is 5.04. The molecule has 158 valence electrons. The molecule has 1 unspecified atom stereocenters. The van der Waals surface area contributed by atoms with Crippen molar-refractivity contribution in [3.63, 3.8) is 0 Å². The number of rotatable bonds is 8. The van der Waals surface area contributed by atoms with Crippen LogP contribution in [0.4, 0.5) is 5.69 Å². The Morgan fingerprint density at radius 1 is 1.20 bits per heavy atom. The highest BCUT2D eigenvalue weighted by atomic mass is 32.2. The van der Waals surface area contributed by atoms with Crippen LogP contribution in [0, 0.1) is 0 Å². The fraction of sp³-hybridized carbons (Fsp3) is 0.263. The van der Waals surface area contributed by atoms with E-state index in [0.717, 1.165) is 0 Å². The molecule has 0 fully saturated rings. The third-order valence-corrected chi connectivity index (χ3v) is 6.59. The SMILES string of the molecule is CCC(C)NS(=O)(=O)c1ccc(C(=O)Nc2cccc(-n3nnnc3SC)c2)cc1. The van der Waals surface area contributed by atoms with Crippen LogP contribution in [0.1, 0.15) is 30.6 Å². The molecule has 2 N–H and O–H groups in total. The van der Waals surface area contributed by atoms with Crippen molar-refractivity contribution >= 4 is 33.4 Å². The normalized spacial score (nSPS) is 12.5. The van der Waals surface area contributed by atoms with Crippen molar-refractivity contribution in [2.24, 2.45) is 0 Å². The van der Waals surface area contributed by atoms with E-state index < -0.39 is 10.0 Å². The van der Waals surface area contributed by atoms with Crippen molar-refractivity contribution in [3.05, 3.63) is 54.1 Å². The fourth-order valence-electron chi connectivity index (χ4n) is 2.59. The Labute approximate surface area is 179 Å². The summed E-state index contributed by atoms with van der Waals surface area (Å²) in [6.45, 7) is 3.70. The molecule has 1 amide bonds. The van der Waals surface area contributed by atoms with Gasteiger partial charge in [-0.15, -0.1) is 5.10 Å². The highest BCUT2D eigenvalue weighted by molar-refractivity contribution is 7.98. The maximum Gasteiger partial charge on any atom is 0.255 e. The number of aromatic nitrogens is 4. The molecule has 0 bridgehead atoms.